The lowest BCUT2D eigenvalue weighted by Crippen LogP contribution is -1.88. The molecular formula is C9H10Br2O2. The molecule has 1 heterocycles. The van der Waals surface area contributed by atoms with Crippen LogP contribution < -0.4 is 0 Å². The van der Waals surface area contributed by atoms with Gasteiger partial charge in [-0.1, -0.05) is 31.9 Å². The predicted octanol–water partition coefficient (Wildman–Crippen LogP) is 2.59. The van der Waals surface area contributed by atoms with Crippen molar-refractivity contribution in [3.8, 4) is 0 Å². The normalized spacial score (nSPS) is 18.8. The summed E-state index contributed by atoms with van der Waals surface area (Å²) in [6.07, 6.45) is 0.190. The van der Waals surface area contributed by atoms with Crippen molar-refractivity contribution in [2.45, 2.75) is 6.10 Å². The minimum absolute atomic E-state index is 0.190. The van der Waals surface area contributed by atoms with Crippen LogP contribution in [0.15, 0.2) is 33.2 Å². The first kappa shape index (κ1) is 11.2. The fraction of sp³-hybridized carbons (Fsp3) is 0.333. The number of benzene rings is 1. The highest BCUT2D eigenvalue weighted by molar-refractivity contribution is 9.11. The van der Waals surface area contributed by atoms with E-state index in [1.807, 2.05) is 24.3 Å². The average molecular weight is 310 g/mol. The molecule has 0 aromatic heterocycles. The van der Waals surface area contributed by atoms with Gasteiger partial charge >= 0.3 is 0 Å². The van der Waals surface area contributed by atoms with E-state index in [9.17, 15) is 0 Å². The van der Waals surface area contributed by atoms with Gasteiger partial charge in [0, 0.05) is 8.95 Å². The molecular weight excluding hydrogens is 300 g/mol. The lowest BCUT2D eigenvalue weighted by atomic mass is 10.4. The predicted molar refractivity (Wildman–Crippen MR) is 58.7 cm³/mol. The first-order chi connectivity index (χ1) is 6.22. The fourth-order valence-corrected chi connectivity index (χ4v) is 1.13. The van der Waals surface area contributed by atoms with Crippen molar-refractivity contribution >= 4 is 31.9 Å². The van der Waals surface area contributed by atoms with E-state index in [1.54, 1.807) is 0 Å². The Morgan fingerprint density at radius 1 is 1.23 bits per heavy atom. The molecule has 1 aliphatic heterocycles. The summed E-state index contributed by atoms with van der Waals surface area (Å²) in [4.78, 5) is 0. The zero-order valence-corrected chi connectivity index (χ0v) is 10.1. The van der Waals surface area contributed by atoms with Gasteiger partial charge in [-0.2, -0.15) is 0 Å². The quantitative estimate of drug-likeness (QED) is 0.809. The summed E-state index contributed by atoms with van der Waals surface area (Å²) in [5.41, 5.74) is 0. The maximum Gasteiger partial charge on any atom is 0.104 e. The Hall–Kier alpha value is 0.1000. The average Bonchev–Trinajstić information content (AvgIpc) is 2.94. The molecule has 0 radical (unpaired) electrons. The summed E-state index contributed by atoms with van der Waals surface area (Å²) in [5, 5.41) is 8.08. The maximum atomic E-state index is 8.08. The van der Waals surface area contributed by atoms with E-state index in [2.05, 4.69) is 36.6 Å². The van der Waals surface area contributed by atoms with Crippen LogP contribution in [0.3, 0.4) is 0 Å². The van der Waals surface area contributed by atoms with Gasteiger partial charge in [-0.3, -0.25) is 0 Å². The third-order valence-corrected chi connectivity index (χ3v) is 2.47. The molecule has 0 saturated carbocycles. The summed E-state index contributed by atoms with van der Waals surface area (Å²) in [6, 6.07) is 7.96. The van der Waals surface area contributed by atoms with Crippen LogP contribution in [0.1, 0.15) is 0 Å². The van der Waals surface area contributed by atoms with E-state index in [1.165, 1.54) is 0 Å². The number of hydrogen-bond acceptors (Lipinski definition) is 2. The molecule has 1 aliphatic rings. The Morgan fingerprint density at radius 3 is 1.77 bits per heavy atom. The second-order valence-electron chi connectivity index (χ2n) is 2.57. The Labute approximate surface area is 94.2 Å². The lowest BCUT2D eigenvalue weighted by molar-refractivity contribution is 0.244. The van der Waals surface area contributed by atoms with Crippen molar-refractivity contribution in [1.82, 2.24) is 0 Å². The molecule has 2 rings (SSSR count). The number of rotatable bonds is 1. The monoisotopic (exact) mass is 308 g/mol. The third kappa shape index (κ3) is 5.41. The standard InChI is InChI=1S/C6H4Br2.C3H6O2/c7-5-1-2-6(8)4-3-5;4-1-3-2-5-3/h1-4H;3-4H,1-2H2. The molecule has 0 bridgehead atoms. The molecule has 0 spiro atoms. The van der Waals surface area contributed by atoms with Gasteiger partial charge in [-0.25, -0.2) is 0 Å². The minimum Gasteiger partial charge on any atom is -0.394 e. The second kappa shape index (κ2) is 5.75. The van der Waals surface area contributed by atoms with E-state index in [4.69, 9.17) is 5.11 Å². The van der Waals surface area contributed by atoms with Crippen molar-refractivity contribution in [2.24, 2.45) is 0 Å². The van der Waals surface area contributed by atoms with E-state index in [0.717, 1.165) is 15.6 Å². The molecule has 1 aromatic carbocycles. The fourth-order valence-electron chi connectivity index (χ4n) is 0.603. The highest BCUT2D eigenvalue weighted by Crippen LogP contribution is 2.14. The van der Waals surface area contributed by atoms with Crippen molar-refractivity contribution in [1.29, 1.82) is 0 Å². The largest absolute Gasteiger partial charge is 0.394 e. The summed E-state index contributed by atoms with van der Waals surface area (Å²) < 4.78 is 6.83. The molecule has 0 aliphatic carbocycles. The van der Waals surface area contributed by atoms with E-state index < -0.39 is 0 Å². The zero-order chi connectivity index (χ0) is 9.68. The first-order valence-electron chi connectivity index (χ1n) is 3.86. The topological polar surface area (TPSA) is 32.8 Å². The molecule has 1 aromatic rings. The van der Waals surface area contributed by atoms with Gasteiger partial charge in [-0.05, 0) is 24.3 Å². The number of epoxide rings is 1. The van der Waals surface area contributed by atoms with Crippen LogP contribution in [0.5, 0.6) is 0 Å². The van der Waals surface area contributed by atoms with E-state index in [-0.39, 0.29) is 12.7 Å². The SMILES string of the molecule is Brc1ccc(Br)cc1.OCC1CO1. The van der Waals surface area contributed by atoms with Gasteiger partial charge in [0.25, 0.3) is 0 Å². The molecule has 1 atom stereocenters. The molecule has 1 unspecified atom stereocenters. The van der Waals surface area contributed by atoms with Gasteiger partial charge < -0.3 is 9.84 Å². The number of aliphatic hydroxyl groups excluding tert-OH is 1. The Balaban J connectivity index is 0.000000145. The highest BCUT2D eigenvalue weighted by Gasteiger charge is 2.19. The van der Waals surface area contributed by atoms with Gasteiger partial charge in [-0.15, -0.1) is 0 Å². The smallest absolute Gasteiger partial charge is 0.104 e. The maximum absolute atomic E-state index is 8.08. The van der Waals surface area contributed by atoms with Gasteiger partial charge in [0.1, 0.15) is 6.10 Å². The molecule has 4 heteroatoms. The Kier molecular flexibility index (Phi) is 4.94. The first-order valence-corrected chi connectivity index (χ1v) is 5.44. The van der Waals surface area contributed by atoms with Gasteiger partial charge in [0.05, 0.1) is 13.2 Å². The number of ether oxygens (including phenoxy) is 1. The Bertz CT molecular complexity index is 223. The second-order valence-corrected chi connectivity index (χ2v) is 4.41. The molecule has 13 heavy (non-hydrogen) atoms. The van der Waals surface area contributed by atoms with E-state index >= 15 is 0 Å². The van der Waals surface area contributed by atoms with Crippen LogP contribution in [0.25, 0.3) is 0 Å². The van der Waals surface area contributed by atoms with Gasteiger partial charge in [0.2, 0.25) is 0 Å². The number of hydrogen-bond donors (Lipinski definition) is 1. The lowest BCUT2D eigenvalue weighted by Gasteiger charge is -1.86. The summed E-state index contributed by atoms with van der Waals surface area (Å²) in [6.45, 7) is 0.955. The molecule has 1 saturated heterocycles. The Morgan fingerprint density at radius 2 is 1.62 bits per heavy atom. The van der Waals surface area contributed by atoms with Crippen molar-refractivity contribution in [3.63, 3.8) is 0 Å². The van der Waals surface area contributed by atoms with Crippen molar-refractivity contribution < 1.29 is 9.84 Å². The molecule has 0 amide bonds. The summed E-state index contributed by atoms with van der Waals surface area (Å²) >= 11 is 6.65. The zero-order valence-electron chi connectivity index (χ0n) is 6.91. The molecule has 72 valence electrons. The summed E-state index contributed by atoms with van der Waals surface area (Å²) in [7, 11) is 0. The van der Waals surface area contributed by atoms with Crippen LogP contribution in [-0.2, 0) is 4.74 Å². The van der Waals surface area contributed by atoms with Crippen molar-refractivity contribution in [2.75, 3.05) is 13.2 Å². The summed E-state index contributed by atoms with van der Waals surface area (Å²) in [5.74, 6) is 0. The van der Waals surface area contributed by atoms with Crippen LogP contribution in [0.4, 0.5) is 0 Å². The molecule has 1 N–H and O–H groups in total. The number of halogens is 2. The van der Waals surface area contributed by atoms with Crippen LogP contribution >= 0.6 is 31.9 Å². The highest BCUT2D eigenvalue weighted by atomic mass is 79.9. The van der Waals surface area contributed by atoms with Crippen LogP contribution in [0.2, 0.25) is 0 Å². The van der Waals surface area contributed by atoms with E-state index in [0.29, 0.717) is 0 Å². The third-order valence-electron chi connectivity index (χ3n) is 1.41. The van der Waals surface area contributed by atoms with Crippen molar-refractivity contribution in [3.05, 3.63) is 33.2 Å². The molecule has 2 nitrogen and oxygen atoms in total. The minimum atomic E-state index is 0.190. The van der Waals surface area contributed by atoms with Crippen LogP contribution in [0, 0.1) is 0 Å². The van der Waals surface area contributed by atoms with Gasteiger partial charge in [0.15, 0.2) is 0 Å². The van der Waals surface area contributed by atoms with Crippen LogP contribution in [-0.4, -0.2) is 24.4 Å². The molecule has 1 fully saturated rings. The number of aliphatic hydroxyl groups is 1.